The van der Waals surface area contributed by atoms with Crippen LogP contribution in [-0.4, -0.2) is 24.0 Å². The van der Waals surface area contributed by atoms with Crippen LogP contribution in [-0.2, 0) is 4.29 Å². The van der Waals surface area contributed by atoms with E-state index in [2.05, 4.69) is 10.9 Å². The van der Waals surface area contributed by atoms with Gasteiger partial charge in [0.1, 0.15) is 0 Å². The lowest BCUT2D eigenvalue weighted by atomic mass is 10.7. The first-order valence-corrected chi connectivity index (χ1v) is 1.57. The molecule has 0 fully saturated rings. The minimum Gasteiger partial charge on any atom is -0.275 e. The highest BCUT2D eigenvalue weighted by molar-refractivity contribution is 6.07. The molecule has 0 saturated carbocycles. The SMILES string of the molecule is C=CCOCl.[AlH3]. The summed E-state index contributed by atoms with van der Waals surface area (Å²) in [4.78, 5) is 0. The van der Waals surface area contributed by atoms with Crippen LogP contribution in [0.4, 0.5) is 0 Å². The first kappa shape index (κ1) is 9.73. The monoisotopic (exact) mass is 122 g/mol. The molecule has 0 aromatic carbocycles. The topological polar surface area (TPSA) is 9.23 Å². The molecule has 0 aliphatic heterocycles. The molecule has 0 heterocycles. The molecule has 0 unspecified atom stereocenters. The first-order chi connectivity index (χ1) is 2.41. The Hall–Kier alpha value is 0.522. The summed E-state index contributed by atoms with van der Waals surface area (Å²) < 4.78 is 4.05. The second-order valence-corrected chi connectivity index (χ2v) is 0.783. The molecule has 0 amide bonds. The minimum atomic E-state index is 0. The summed E-state index contributed by atoms with van der Waals surface area (Å²) in [6, 6.07) is 0. The minimum absolute atomic E-state index is 0. The van der Waals surface area contributed by atoms with Crippen molar-refractivity contribution in [1.82, 2.24) is 0 Å². The van der Waals surface area contributed by atoms with E-state index >= 15 is 0 Å². The van der Waals surface area contributed by atoms with E-state index in [0.717, 1.165) is 0 Å². The Morgan fingerprint density at radius 1 is 1.83 bits per heavy atom. The van der Waals surface area contributed by atoms with Crippen molar-refractivity contribution in [2.45, 2.75) is 0 Å². The maximum atomic E-state index is 4.73. The van der Waals surface area contributed by atoms with Gasteiger partial charge in [-0.25, -0.2) is 0 Å². The van der Waals surface area contributed by atoms with Crippen molar-refractivity contribution in [1.29, 1.82) is 0 Å². The maximum Gasteiger partial charge on any atom is 0.187 e. The molecule has 6 heavy (non-hydrogen) atoms. The van der Waals surface area contributed by atoms with Crippen LogP contribution in [0, 0.1) is 0 Å². The normalized spacial score (nSPS) is 6.17. The number of hydrogen-bond acceptors (Lipinski definition) is 1. The van der Waals surface area contributed by atoms with Crippen molar-refractivity contribution < 1.29 is 4.29 Å². The van der Waals surface area contributed by atoms with Gasteiger partial charge in [-0.3, -0.25) is 4.29 Å². The Bertz CT molecular complexity index is 32.0. The molecule has 0 spiro atoms. The van der Waals surface area contributed by atoms with Crippen molar-refractivity contribution in [2.24, 2.45) is 0 Å². The fraction of sp³-hybridized carbons (Fsp3) is 0.333. The van der Waals surface area contributed by atoms with Crippen LogP contribution in [0.2, 0.25) is 0 Å². The van der Waals surface area contributed by atoms with Crippen LogP contribution in [0.15, 0.2) is 12.7 Å². The number of halogens is 1. The highest BCUT2D eigenvalue weighted by atomic mass is 35.5. The molecule has 36 valence electrons. The zero-order chi connectivity index (χ0) is 4.12. The van der Waals surface area contributed by atoms with Crippen LogP contribution in [0.25, 0.3) is 0 Å². The van der Waals surface area contributed by atoms with Gasteiger partial charge >= 0.3 is 0 Å². The zero-order valence-corrected chi connectivity index (χ0v) is 3.53. The lowest BCUT2D eigenvalue weighted by Gasteiger charge is -1.74. The zero-order valence-electron chi connectivity index (χ0n) is 2.78. The van der Waals surface area contributed by atoms with Gasteiger partial charge in [0.25, 0.3) is 0 Å². The summed E-state index contributed by atoms with van der Waals surface area (Å²) in [6.45, 7) is 3.76. The molecule has 0 atom stereocenters. The first-order valence-electron chi connectivity index (χ1n) is 1.26. The highest BCUT2D eigenvalue weighted by Gasteiger charge is 1.61. The number of hydrogen-bond donors (Lipinski definition) is 0. The van der Waals surface area contributed by atoms with Gasteiger partial charge < -0.3 is 0 Å². The maximum absolute atomic E-state index is 4.73. The van der Waals surface area contributed by atoms with E-state index in [-0.39, 0.29) is 17.4 Å². The van der Waals surface area contributed by atoms with E-state index in [9.17, 15) is 0 Å². The van der Waals surface area contributed by atoms with E-state index < -0.39 is 0 Å². The molecule has 0 N–H and O–H groups in total. The molecule has 3 heteroatoms. The van der Waals surface area contributed by atoms with Crippen LogP contribution < -0.4 is 0 Å². The van der Waals surface area contributed by atoms with Crippen LogP contribution in [0.3, 0.4) is 0 Å². The molecule has 0 aromatic rings. The van der Waals surface area contributed by atoms with Crippen molar-refractivity contribution >= 4 is 29.2 Å². The molecule has 0 bridgehead atoms. The van der Waals surface area contributed by atoms with Gasteiger partial charge in [-0.2, -0.15) is 0 Å². The molecule has 0 aromatic heterocycles. The summed E-state index contributed by atoms with van der Waals surface area (Å²) >= 11 is 4.73. The van der Waals surface area contributed by atoms with Gasteiger partial charge in [0.2, 0.25) is 0 Å². The summed E-state index contributed by atoms with van der Waals surface area (Å²) in [5.74, 6) is 0. The Labute approximate surface area is 53.2 Å². The molecule has 0 radical (unpaired) electrons. The van der Waals surface area contributed by atoms with Gasteiger partial charge in [0.05, 0.1) is 18.5 Å². The molecule has 0 aliphatic rings. The standard InChI is InChI=1S/C3H5ClO.Al.3H/c1-2-3-5-4;;;;/h2H,1,3H2;;;;. The fourth-order valence-corrected chi connectivity index (χ4v) is 0.134. The lowest BCUT2D eigenvalue weighted by Crippen LogP contribution is -1.68. The van der Waals surface area contributed by atoms with Gasteiger partial charge in [-0.1, -0.05) is 6.08 Å². The molecule has 0 rings (SSSR count). The highest BCUT2D eigenvalue weighted by Crippen LogP contribution is 1.74. The quantitative estimate of drug-likeness (QED) is 0.375. The Morgan fingerprint density at radius 3 is 2.33 bits per heavy atom. The average molecular weight is 123 g/mol. The third-order valence-corrected chi connectivity index (χ3v) is 0.307. The molecule has 1 nitrogen and oxygen atoms in total. The van der Waals surface area contributed by atoms with E-state index in [0.29, 0.717) is 6.61 Å². The number of rotatable bonds is 2. The van der Waals surface area contributed by atoms with Crippen molar-refractivity contribution in [2.75, 3.05) is 6.61 Å². The summed E-state index contributed by atoms with van der Waals surface area (Å²) in [6.07, 6.45) is 1.58. The van der Waals surface area contributed by atoms with Crippen LogP contribution in [0.5, 0.6) is 0 Å². The molecular formula is C3H8AlClO. The Kier molecular flexibility index (Phi) is 14.8. The second kappa shape index (κ2) is 9.10. The fourth-order valence-electron chi connectivity index (χ4n) is 0.0445. The van der Waals surface area contributed by atoms with E-state index in [1.165, 1.54) is 0 Å². The predicted molar refractivity (Wildman–Crippen MR) is 31.9 cm³/mol. The van der Waals surface area contributed by atoms with Crippen molar-refractivity contribution in [3.63, 3.8) is 0 Å². The smallest absolute Gasteiger partial charge is 0.187 e. The third-order valence-electron chi connectivity index (χ3n) is 0.181. The van der Waals surface area contributed by atoms with Gasteiger partial charge in [-0.15, -0.1) is 6.58 Å². The lowest BCUT2D eigenvalue weighted by molar-refractivity contribution is 0.404. The largest absolute Gasteiger partial charge is 0.275 e. The van der Waals surface area contributed by atoms with Crippen molar-refractivity contribution in [3.8, 4) is 0 Å². The van der Waals surface area contributed by atoms with Crippen LogP contribution in [0.1, 0.15) is 0 Å². The molecule has 0 aliphatic carbocycles. The van der Waals surface area contributed by atoms with Gasteiger partial charge in [0, 0.05) is 0 Å². The van der Waals surface area contributed by atoms with Gasteiger partial charge in [0.15, 0.2) is 17.4 Å². The second-order valence-electron chi connectivity index (χ2n) is 0.564. The third kappa shape index (κ3) is 8.82. The Morgan fingerprint density at radius 2 is 2.33 bits per heavy atom. The van der Waals surface area contributed by atoms with Gasteiger partial charge in [-0.05, 0) is 0 Å². The van der Waals surface area contributed by atoms with Crippen LogP contribution >= 0.6 is 11.9 Å². The van der Waals surface area contributed by atoms with E-state index in [4.69, 9.17) is 11.9 Å². The summed E-state index contributed by atoms with van der Waals surface area (Å²) in [7, 11) is 0. The Balaban J connectivity index is 0. The van der Waals surface area contributed by atoms with E-state index in [1.54, 1.807) is 6.08 Å². The summed E-state index contributed by atoms with van der Waals surface area (Å²) in [5.41, 5.74) is 0. The summed E-state index contributed by atoms with van der Waals surface area (Å²) in [5, 5.41) is 0. The average Bonchev–Trinajstić information content (AvgIpc) is 1.41. The molecular weight excluding hydrogens is 114 g/mol. The molecule has 0 saturated heterocycles. The van der Waals surface area contributed by atoms with Crippen molar-refractivity contribution in [3.05, 3.63) is 12.7 Å². The predicted octanol–water partition coefficient (Wildman–Crippen LogP) is 0.159. The van der Waals surface area contributed by atoms with E-state index in [1.807, 2.05) is 0 Å².